The summed E-state index contributed by atoms with van der Waals surface area (Å²) in [6.45, 7) is 4.37. The molecule has 19 heavy (non-hydrogen) atoms. The van der Waals surface area contributed by atoms with Crippen molar-refractivity contribution in [3.8, 4) is 11.3 Å². The molecule has 0 saturated heterocycles. The summed E-state index contributed by atoms with van der Waals surface area (Å²) in [6, 6.07) is 5.50. The Labute approximate surface area is 117 Å². The minimum atomic E-state index is -0.156. The summed E-state index contributed by atoms with van der Waals surface area (Å²) in [5.74, 6) is 0.501. The van der Waals surface area contributed by atoms with Crippen LogP contribution in [0.25, 0.3) is 11.3 Å². The van der Waals surface area contributed by atoms with Crippen molar-refractivity contribution in [1.29, 1.82) is 0 Å². The standard InChI is InChI=1S/C15H19FN2S/c1-10(2)5-3-6-11-7-4-8-12(14(11)16)13-9-19-15(17)18-13/h4,7-10H,3,5-6H2,1-2H3,(H2,17,18). The molecule has 0 spiro atoms. The number of anilines is 1. The predicted molar refractivity (Wildman–Crippen MR) is 79.7 cm³/mol. The van der Waals surface area contributed by atoms with E-state index in [0.717, 1.165) is 24.8 Å². The number of hydrogen-bond donors (Lipinski definition) is 1. The summed E-state index contributed by atoms with van der Waals surface area (Å²) in [7, 11) is 0. The normalized spacial score (nSPS) is 11.2. The molecule has 0 radical (unpaired) electrons. The fraction of sp³-hybridized carbons (Fsp3) is 0.400. The van der Waals surface area contributed by atoms with Gasteiger partial charge in [0.15, 0.2) is 5.13 Å². The van der Waals surface area contributed by atoms with E-state index in [9.17, 15) is 4.39 Å². The van der Waals surface area contributed by atoms with Gasteiger partial charge in [-0.15, -0.1) is 11.3 Å². The Morgan fingerprint density at radius 3 is 2.79 bits per heavy atom. The van der Waals surface area contributed by atoms with Crippen molar-refractivity contribution in [2.45, 2.75) is 33.1 Å². The Balaban J connectivity index is 2.18. The Hall–Kier alpha value is -1.42. The first-order valence-corrected chi connectivity index (χ1v) is 7.44. The Morgan fingerprint density at radius 1 is 1.37 bits per heavy atom. The summed E-state index contributed by atoms with van der Waals surface area (Å²) >= 11 is 1.34. The Bertz CT molecular complexity index is 549. The van der Waals surface area contributed by atoms with E-state index in [1.54, 1.807) is 11.4 Å². The lowest BCUT2D eigenvalue weighted by atomic mass is 10.00. The monoisotopic (exact) mass is 278 g/mol. The van der Waals surface area contributed by atoms with Crippen LogP contribution in [0.5, 0.6) is 0 Å². The van der Waals surface area contributed by atoms with Gasteiger partial charge in [-0.1, -0.05) is 32.4 Å². The summed E-state index contributed by atoms with van der Waals surface area (Å²) in [4.78, 5) is 4.15. The van der Waals surface area contributed by atoms with Gasteiger partial charge in [-0.05, 0) is 30.4 Å². The molecule has 0 aliphatic carbocycles. The number of rotatable bonds is 5. The van der Waals surface area contributed by atoms with Crippen LogP contribution in [0.15, 0.2) is 23.6 Å². The quantitative estimate of drug-likeness (QED) is 0.874. The van der Waals surface area contributed by atoms with Crippen molar-refractivity contribution >= 4 is 16.5 Å². The molecule has 0 aliphatic rings. The molecule has 0 unspecified atom stereocenters. The second-order valence-corrected chi connectivity index (χ2v) is 6.03. The molecule has 4 heteroatoms. The molecule has 1 aromatic heterocycles. The van der Waals surface area contributed by atoms with E-state index in [0.29, 0.717) is 22.3 Å². The third kappa shape index (κ3) is 3.53. The SMILES string of the molecule is CC(C)CCCc1cccc(-c2csc(N)n2)c1F. The maximum absolute atomic E-state index is 14.4. The van der Waals surface area contributed by atoms with Gasteiger partial charge in [-0.2, -0.15) is 0 Å². The number of aromatic nitrogens is 1. The van der Waals surface area contributed by atoms with E-state index in [1.165, 1.54) is 11.3 Å². The lowest BCUT2D eigenvalue weighted by Crippen LogP contribution is -1.96. The lowest BCUT2D eigenvalue weighted by Gasteiger charge is -2.08. The summed E-state index contributed by atoms with van der Waals surface area (Å²) in [5, 5.41) is 2.27. The molecule has 0 saturated carbocycles. The summed E-state index contributed by atoms with van der Waals surface area (Å²) in [5.41, 5.74) is 7.55. The number of nitrogens with two attached hydrogens (primary N) is 1. The first-order chi connectivity index (χ1) is 9.08. The topological polar surface area (TPSA) is 38.9 Å². The largest absolute Gasteiger partial charge is 0.375 e. The number of nitrogen functional groups attached to an aromatic ring is 1. The zero-order valence-electron chi connectivity index (χ0n) is 11.3. The van der Waals surface area contributed by atoms with Crippen molar-refractivity contribution in [2.24, 2.45) is 5.92 Å². The van der Waals surface area contributed by atoms with E-state index >= 15 is 0 Å². The second-order valence-electron chi connectivity index (χ2n) is 5.14. The first-order valence-electron chi connectivity index (χ1n) is 6.56. The van der Waals surface area contributed by atoms with Crippen LogP contribution in [0.3, 0.4) is 0 Å². The molecular formula is C15H19FN2S. The highest BCUT2D eigenvalue weighted by atomic mass is 32.1. The van der Waals surface area contributed by atoms with E-state index in [-0.39, 0.29) is 5.82 Å². The van der Waals surface area contributed by atoms with Gasteiger partial charge < -0.3 is 5.73 Å². The van der Waals surface area contributed by atoms with Gasteiger partial charge >= 0.3 is 0 Å². The van der Waals surface area contributed by atoms with Gasteiger partial charge in [0.2, 0.25) is 0 Å². The molecule has 0 amide bonds. The Kier molecular flexibility index (Phi) is 4.53. The highest BCUT2D eigenvalue weighted by Crippen LogP contribution is 2.28. The average Bonchev–Trinajstić information content (AvgIpc) is 2.77. The molecule has 2 N–H and O–H groups in total. The van der Waals surface area contributed by atoms with Crippen LogP contribution in [0, 0.1) is 11.7 Å². The van der Waals surface area contributed by atoms with Gasteiger partial charge in [0.05, 0.1) is 5.69 Å². The van der Waals surface area contributed by atoms with Gasteiger partial charge in [-0.25, -0.2) is 9.37 Å². The van der Waals surface area contributed by atoms with Crippen molar-refractivity contribution in [3.05, 3.63) is 35.0 Å². The molecule has 1 heterocycles. The highest BCUT2D eigenvalue weighted by Gasteiger charge is 2.12. The molecule has 0 fully saturated rings. The van der Waals surface area contributed by atoms with Crippen LogP contribution in [0.4, 0.5) is 9.52 Å². The minimum Gasteiger partial charge on any atom is -0.375 e. The molecule has 2 nitrogen and oxygen atoms in total. The van der Waals surface area contributed by atoms with Crippen LogP contribution < -0.4 is 5.73 Å². The van der Waals surface area contributed by atoms with E-state index in [4.69, 9.17) is 5.73 Å². The van der Waals surface area contributed by atoms with Crippen LogP contribution in [0.2, 0.25) is 0 Å². The number of halogens is 1. The zero-order valence-corrected chi connectivity index (χ0v) is 12.1. The molecule has 102 valence electrons. The van der Waals surface area contributed by atoms with Crippen molar-refractivity contribution in [2.75, 3.05) is 5.73 Å². The lowest BCUT2D eigenvalue weighted by molar-refractivity contribution is 0.543. The average molecular weight is 278 g/mol. The van der Waals surface area contributed by atoms with Gasteiger partial charge in [0.25, 0.3) is 0 Å². The van der Waals surface area contributed by atoms with Crippen molar-refractivity contribution in [3.63, 3.8) is 0 Å². The van der Waals surface area contributed by atoms with Gasteiger partial charge in [-0.3, -0.25) is 0 Å². The molecule has 0 atom stereocenters. The molecule has 2 rings (SSSR count). The van der Waals surface area contributed by atoms with E-state index in [1.807, 2.05) is 12.1 Å². The van der Waals surface area contributed by atoms with Crippen LogP contribution in [-0.2, 0) is 6.42 Å². The smallest absolute Gasteiger partial charge is 0.180 e. The summed E-state index contributed by atoms with van der Waals surface area (Å²) < 4.78 is 14.4. The molecule has 0 bridgehead atoms. The number of benzene rings is 1. The summed E-state index contributed by atoms with van der Waals surface area (Å²) in [6.07, 6.45) is 2.90. The second kappa shape index (κ2) is 6.15. The van der Waals surface area contributed by atoms with Crippen molar-refractivity contribution < 1.29 is 4.39 Å². The fourth-order valence-electron chi connectivity index (χ4n) is 2.08. The Morgan fingerprint density at radius 2 is 2.16 bits per heavy atom. The number of nitrogens with zero attached hydrogens (tertiary/aromatic N) is 1. The number of aryl methyl sites for hydroxylation is 1. The van der Waals surface area contributed by atoms with E-state index < -0.39 is 0 Å². The molecule has 1 aromatic carbocycles. The van der Waals surface area contributed by atoms with Gasteiger partial charge in [0, 0.05) is 10.9 Å². The highest BCUT2D eigenvalue weighted by molar-refractivity contribution is 7.13. The third-order valence-electron chi connectivity index (χ3n) is 3.10. The van der Waals surface area contributed by atoms with Crippen LogP contribution in [0.1, 0.15) is 32.3 Å². The van der Waals surface area contributed by atoms with Crippen LogP contribution in [-0.4, -0.2) is 4.98 Å². The number of hydrogen-bond acceptors (Lipinski definition) is 3. The predicted octanol–water partition coefficient (Wildman–Crippen LogP) is 4.51. The maximum Gasteiger partial charge on any atom is 0.180 e. The minimum absolute atomic E-state index is 0.156. The van der Waals surface area contributed by atoms with E-state index in [2.05, 4.69) is 18.8 Å². The fourth-order valence-corrected chi connectivity index (χ4v) is 2.65. The zero-order chi connectivity index (χ0) is 13.8. The first kappa shape index (κ1) is 14.0. The molecular weight excluding hydrogens is 259 g/mol. The third-order valence-corrected chi connectivity index (χ3v) is 3.78. The number of thiazole rings is 1. The molecule has 2 aromatic rings. The van der Waals surface area contributed by atoms with Crippen molar-refractivity contribution in [1.82, 2.24) is 4.98 Å². The van der Waals surface area contributed by atoms with Crippen LogP contribution >= 0.6 is 11.3 Å². The molecule has 0 aliphatic heterocycles. The maximum atomic E-state index is 14.4. The van der Waals surface area contributed by atoms with Gasteiger partial charge in [0.1, 0.15) is 5.82 Å².